The topological polar surface area (TPSA) is 102 Å². The number of carbonyl (C=O) groups is 1. The molecule has 0 radical (unpaired) electrons. The average molecular weight is 427 g/mol. The molecule has 0 spiro atoms. The van der Waals surface area contributed by atoms with Gasteiger partial charge in [-0.15, -0.1) is 0 Å². The zero-order valence-electron chi connectivity index (χ0n) is 16.2. The number of rotatable bonds is 8. The van der Waals surface area contributed by atoms with E-state index in [0.29, 0.717) is 17.2 Å². The number of hydrogen-bond donors (Lipinski definition) is 2. The van der Waals surface area contributed by atoms with Crippen molar-refractivity contribution in [3.63, 3.8) is 0 Å². The van der Waals surface area contributed by atoms with E-state index < -0.39 is 16.0 Å². The number of nitrogens with one attached hydrogen (secondary N) is 1. The second kappa shape index (κ2) is 9.32. The molecule has 2 aromatic carbocycles. The van der Waals surface area contributed by atoms with E-state index in [-0.39, 0.29) is 18.8 Å². The van der Waals surface area contributed by atoms with Crippen LogP contribution in [0.25, 0.3) is 11.1 Å². The third-order valence-corrected chi connectivity index (χ3v) is 4.70. The minimum Gasteiger partial charge on any atom is -0.490 e. The van der Waals surface area contributed by atoms with Crippen molar-refractivity contribution in [1.29, 1.82) is 0 Å². The summed E-state index contributed by atoms with van der Waals surface area (Å²) < 4.78 is 36.0. The third-order valence-electron chi connectivity index (χ3n) is 4.11. The van der Waals surface area contributed by atoms with Gasteiger partial charge in [0.15, 0.2) is 0 Å². The van der Waals surface area contributed by atoms with Crippen LogP contribution < -0.4 is 14.2 Å². The second-order valence-electron chi connectivity index (χ2n) is 6.47. The highest BCUT2D eigenvalue weighted by Crippen LogP contribution is 2.29. The van der Waals surface area contributed by atoms with Crippen molar-refractivity contribution in [2.75, 3.05) is 24.2 Å². The molecule has 30 heavy (non-hydrogen) atoms. The Bertz CT molecular complexity index is 1090. The number of fused-ring (bicyclic) bond motifs is 1. The Morgan fingerprint density at radius 3 is 1.93 bits per heavy atom. The van der Waals surface area contributed by atoms with Crippen molar-refractivity contribution in [1.82, 2.24) is 0 Å². The lowest BCUT2D eigenvalue weighted by molar-refractivity contribution is 0.0697. The molecule has 0 unspecified atom stereocenters. The van der Waals surface area contributed by atoms with Crippen LogP contribution in [-0.2, 0) is 10.0 Å². The number of aromatic carboxylic acids is 1. The van der Waals surface area contributed by atoms with Gasteiger partial charge in [-0.3, -0.25) is 4.72 Å². The van der Waals surface area contributed by atoms with E-state index >= 15 is 0 Å². The minimum absolute atomic E-state index is 0.180. The number of carboxylic acids is 1. The molecule has 2 aliphatic rings. The second-order valence-corrected chi connectivity index (χ2v) is 8.22. The minimum atomic E-state index is -3.39. The van der Waals surface area contributed by atoms with Gasteiger partial charge in [0.05, 0.1) is 17.5 Å². The highest BCUT2D eigenvalue weighted by Gasteiger charge is 2.08. The number of ether oxygens (including phenoxy) is 2. The molecule has 156 valence electrons. The summed E-state index contributed by atoms with van der Waals surface area (Å²) in [5.41, 5.74) is 3.38. The fraction of sp³-hybridized carbons (Fsp3) is 0.136. The molecule has 0 bridgehead atoms. The normalized spacial score (nSPS) is 11.0. The molecule has 2 aromatic rings. The maximum Gasteiger partial charge on any atom is 0.335 e. The molecule has 4 rings (SSSR count). The van der Waals surface area contributed by atoms with Crippen LogP contribution in [-0.4, -0.2) is 39.0 Å². The van der Waals surface area contributed by atoms with Crippen molar-refractivity contribution in [2.24, 2.45) is 0 Å². The lowest BCUT2D eigenvalue weighted by atomic mass is 9.95. The van der Waals surface area contributed by atoms with Crippen molar-refractivity contribution < 1.29 is 27.8 Å². The van der Waals surface area contributed by atoms with Gasteiger partial charge in [-0.2, -0.15) is 0 Å². The van der Waals surface area contributed by atoms with Crippen LogP contribution in [0.5, 0.6) is 11.5 Å². The van der Waals surface area contributed by atoms with Gasteiger partial charge in [0, 0.05) is 0 Å². The Labute approximate surface area is 174 Å². The number of sulfonamides is 1. The first-order chi connectivity index (χ1) is 14.3. The van der Waals surface area contributed by atoms with Gasteiger partial charge in [-0.05, 0) is 47.5 Å². The van der Waals surface area contributed by atoms with Crippen molar-refractivity contribution >= 4 is 21.7 Å². The van der Waals surface area contributed by atoms with Crippen LogP contribution in [0.15, 0.2) is 72.8 Å². The van der Waals surface area contributed by atoms with E-state index in [1.165, 1.54) is 23.3 Å². The zero-order valence-corrected chi connectivity index (χ0v) is 17.1. The molecule has 0 saturated heterocycles. The van der Waals surface area contributed by atoms with E-state index in [9.17, 15) is 13.2 Å². The summed E-state index contributed by atoms with van der Waals surface area (Å²) in [5.74, 6) is -0.0845. The van der Waals surface area contributed by atoms with Gasteiger partial charge in [0.25, 0.3) is 0 Å². The summed E-state index contributed by atoms with van der Waals surface area (Å²) in [5, 5.41) is 8.81. The summed E-state index contributed by atoms with van der Waals surface area (Å²) in [6.45, 7) is 0.419. The average Bonchev–Trinajstić information content (AvgIpc) is 2.69. The van der Waals surface area contributed by atoms with E-state index in [1.807, 2.05) is 0 Å². The monoisotopic (exact) mass is 427 g/mol. The summed E-state index contributed by atoms with van der Waals surface area (Å²) >= 11 is 0. The molecule has 0 amide bonds. The maximum atomic E-state index is 11.3. The Morgan fingerprint density at radius 2 is 1.43 bits per heavy atom. The first kappa shape index (κ1) is 21.2. The Balaban J connectivity index is 0.000000357. The molecule has 0 fully saturated rings. The van der Waals surface area contributed by atoms with Crippen LogP contribution in [0.2, 0.25) is 0 Å². The summed E-state index contributed by atoms with van der Waals surface area (Å²) in [6, 6.07) is 21.2. The number of para-hydroxylation sites is 2. The quantitative estimate of drug-likeness (QED) is 0.414. The molecule has 0 aromatic heterocycles. The van der Waals surface area contributed by atoms with Crippen LogP contribution in [0.3, 0.4) is 0 Å². The van der Waals surface area contributed by atoms with Crippen molar-refractivity contribution in [3.05, 3.63) is 78.4 Å². The first-order valence-corrected chi connectivity index (χ1v) is 11.0. The molecule has 2 aliphatic carbocycles. The Kier molecular flexibility index (Phi) is 6.58. The fourth-order valence-electron chi connectivity index (χ4n) is 2.54. The van der Waals surface area contributed by atoms with Crippen LogP contribution in [0.1, 0.15) is 10.4 Å². The molecule has 2 N–H and O–H groups in total. The smallest absolute Gasteiger partial charge is 0.335 e. The largest absolute Gasteiger partial charge is 0.490 e. The maximum absolute atomic E-state index is 11.3. The molecule has 0 saturated carbocycles. The van der Waals surface area contributed by atoms with Gasteiger partial charge < -0.3 is 14.6 Å². The number of anilines is 1. The Morgan fingerprint density at radius 1 is 0.867 bits per heavy atom. The van der Waals surface area contributed by atoms with Crippen molar-refractivity contribution in [2.45, 2.75) is 0 Å². The van der Waals surface area contributed by atoms with E-state index in [0.717, 1.165) is 6.26 Å². The number of hydrogen-bond acceptors (Lipinski definition) is 5. The molecule has 7 nitrogen and oxygen atoms in total. The molecular formula is C22H21NO6S. The van der Waals surface area contributed by atoms with Crippen LogP contribution in [0.4, 0.5) is 5.69 Å². The fourth-order valence-corrected chi connectivity index (χ4v) is 3.11. The summed E-state index contributed by atoms with van der Waals surface area (Å²) in [7, 11) is -3.39. The first-order valence-electron chi connectivity index (χ1n) is 9.08. The SMILES string of the molecule is CS(=O)(=O)Nc1ccccc1OCCOc1ccc(C(=O)O)cc1.c1cc2ccc1-2. The summed E-state index contributed by atoms with van der Waals surface area (Å²) in [6.07, 6.45) is 1.06. The van der Waals surface area contributed by atoms with Gasteiger partial charge >= 0.3 is 5.97 Å². The van der Waals surface area contributed by atoms with Crippen molar-refractivity contribution in [3.8, 4) is 22.6 Å². The summed E-state index contributed by atoms with van der Waals surface area (Å²) in [4.78, 5) is 10.8. The van der Waals surface area contributed by atoms with Gasteiger partial charge in [-0.25, -0.2) is 13.2 Å². The van der Waals surface area contributed by atoms with E-state index in [1.54, 1.807) is 36.4 Å². The lowest BCUT2D eigenvalue weighted by Crippen LogP contribution is -2.13. The van der Waals surface area contributed by atoms with Gasteiger partial charge in [0.1, 0.15) is 24.7 Å². The van der Waals surface area contributed by atoms with Crippen LogP contribution in [0, 0.1) is 0 Å². The predicted octanol–water partition coefficient (Wildman–Crippen LogP) is 3.88. The Hall–Kier alpha value is -3.52. The predicted molar refractivity (Wildman–Crippen MR) is 115 cm³/mol. The number of benzene rings is 3. The molecule has 0 heterocycles. The van der Waals surface area contributed by atoms with Gasteiger partial charge in [-0.1, -0.05) is 36.4 Å². The molecular weight excluding hydrogens is 406 g/mol. The van der Waals surface area contributed by atoms with Crippen LogP contribution >= 0.6 is 0 Å². The van der Waals surface area contributed by atoms with Gasteiger partial charge in [0.2, 0.25) is 10.0 Å². The standard InChI is InChI=1S/C16H17NO6S.C6H4/c1-24(20,21)17-14-4-2-3-5-15(14)23-11-10-22-13-8-6-12(7-9-13)16(18)19;1-2-6-4-3-5(1)6/h2-9,17H,10-11H2,1H3,(H,18,19);1-4H. The highest BCUT2D eigenvalue weighted by atomic mass is 32.2. The zero-order chi connectivity index (χ0) is 21.6. The molecule has 8 heteroatoms. The molecule has 0 atom stereocenters. The van der Waals surface area contributed by atoms with E-state index in [4.69, 9.17) is 14.6 Å². The molecule has 0 aliphatic heterocycles. The van der Waals surface area contributed by atoms with E-state index in [2.05, 4.69) is 29.0 Å². The lowest BCUT2D eigenvalue weighted by Gasteiger charge is -2.12. The highest BCUT2D eigenvalue weighted by molar-refractivity contribution is 7.92. The third kappa shape index (κ3) is 5.99. The number of carboxylic acid groups (broad SMARTS) is 1.